The van der Waals surface area contributed by atoms with Gasteiger partial charge < -0.3 is 14.6 Å². The molecule has 2 aromatic rings. The zero-order chi connectivity index (χ0) is 16.5. The van der Waals surface area contributed by atoms with Crippen LogP contribution in [0.2, 0.25) is 0 Å². The number of fused-ring (bicyclic) bond motifs is 1. The molecule has 1 aromatic heterocycles. The lowest BCUT2D eigenvalue weighted by atomic mass is 10.1. The van der Waals surface area contributed by atoms with Crippen molar-refractivity contribution in [3.8, 4) is 0 Å². The molecule has 0 aliphatic rings. The maximum absolute atomic E-state index is 12.3. The summed E-state index contributed by atoms with van der Waals surface area (Å²) in [6.45, 7) is 7.21. The largest absolute Gasteiger partial charge is 0.449 e. The van der Waals surface area contributed by atoms with E-state index in [2.05, 4.69) is 5.32 Å². The van der Waals surface area contributed by atoms with Gasteiger partial charge in [-0.25, -0.2) is 4.79 Å². The Morgan fingerprint density at radius 2 is 1.86 bits per heavy atom. The summed E-state index contributed by atoms with van der Waals surface area (Å²) in [5.41, 5.74) is 1.05. The Kier molecular flexibility index (Phi) is 4.26. The maximum atomic E-state index is 12.3. The molecule has 0 saturated heterocycles. The second-order valence-electron chi connectivity index (χ2n) is 6.46. The molecule has 0 saturated carbocycles. The lowest BCUT2D eigenvalue weighted by Gasteiger charge is -2.23. The third-order valence-corrected chi connectivity index (χ3v) is 3.27. The lowest BCUT2D eigenvalue weighted by molar-refractivity contribution is -0.130. The molecule has 0 aliphatic carbocycles. The van der Waals surface area contributed by atoms with Gasteiger partial charge in [-0.3, -0.25) is 4.79 Å². The van der Waals surface area contributed by atoms with Gasteiger partial charge in [0.2, 0.25) is 0 Å². The second-order valence-corrected chi connectivity index (χ2v) is 6.46. The van der Waals surface area contributed by atoms with E-state index in [1.54, 1.807) is 13.1 Å². The molecule has 118 valence electrons. The predicted molar refractivity (Wildman–Crippen MR) is 85.7 cm³/mol. The lowest BCUT2D eigenvalue weighted by Crippen LogP contribution is -2.46. The molecule has 22 heavy (non-hydrogen) atoms. The molecule has 2 rings (SSSR count). The third-order valence-electron chi connectivity index (χ3n) is 3.27. The Hall–Kier alpha value is -2.30. The topological polar surface area (TPSA) is 60.3 Å². The second kappa shape index (κ2) is 5.83. The zero-order valence-electron chi connectivity index (χ0n) is 13.6. The van der Waals surface area contributed by atoms with Crippen LogP contribution in [0.4, 0.5) is 0 Å². The Bertz CT molecular complexity index is 710. The van der Waals surface area contributed by atoms with Gasteiger partial charge >= 0.3 is 5.97 Å². The quantitative estimate of drug-likeness (QED) is 0.887. The van der Waals surface area contributed by atoms with Gasteiger partial charge in [-0.2, -0.15) is 0 Å². The van der Waals surface area contributed by atoms with Crippen molar-refractivity contribution in [2.24, 2.45) is 7.05 Å². The summed E-state index contributed by atoms with van der Waals surface area (Å²) in [6.07, 6.45) is 0.882. The van der Waals surface area contributed by atoms with Crippen molar-refractivity contribution in [1.82, 2.24) is 9.88 Å². The zero-order valence-corrected chi connectivity index (χ0v) is 13.6. The van der Waals surface area contributed by atoms with E-state index >= 15 is 0 Å². The highest BCUT2D eigenvalue weighted by Crippen LogP contribution is 2.21. The highest BCUT2D eigenvalue weighted by Gasteiger charge is 2.24. The number of nitrogens with one attached hydrogen (secondary N) is 1. The fourth-order valence-corrected chi connectivity index (χ4v) is 2.25. The van der Waals surface area contributed by atoms with E-state index in [1.165, 1.54) is 0 Å². The van der Waals surface area contributed by atoms with Gasteiger partial charge in [0, 0.05) is 29.7 Å². The van der Waals surface area contributed by atoms with Gasteiger partial charge in [0.05, 0.1) is 5.56 Å². The molecule has 0 fully saturated rings. The molecule has 0 bridgehead atoms. The summed E-state index contributed by atoms with van der Waals surface area (Å²) < 4.78 is 7.17. The highest BCUT2D eigenvalue weighted by molar-refractivity contribution is 6.05. The number of carbonyl (C=O) groups is 2. The number of esters is 1. The van der Waals surface area contributed by atoms with Crippen molar-refractivity contribution in [3.05, 3.63) is 36.0 Å². The molecule has 5 heteroatoms. The molecule has 1 amide bonds. The monoisotopic (exact) mass is 302 g/mol. The third kappa shape index (κ3) is 3.47. The van der Waals surface area contributed by atoms with E-state index in [9.17, 15) is 9.59 Å². The van der Waals surface area contributed by atoms with Gasteiger partial charge in [0.25, 0.3) is 5.91 Å². The number of aryl methyl sites for hydroxylation is 1. The predicted octanol–water partition coefficient (Wildman–Crippen LogP) is 2.64. The number of para-hydroxylation sites is 1. The van der Waals surface area contributed by atoms with E-state index in [0.717, 1.165) is 10.9 Å². The number of benzene rings is 1. The highest BCUT2D eigenvalue weighted by atomic mass is 16.5. The van der Waals surface area contributed by atoms with Crippen LogP contribution in [0, 0.1) is 0 Å². The first-order chi connectivity index (χ1) is 10.2. The van der Waals surface area contributed by atoms with E-state index in [1.807, 2.05) is 56.7 Å². The smallest absolute Gasteiger partial charge is 0.341 e. The van der Waals surface area contributed by atoms with Gasteiger partial charge in [-0.15, -0.1) is 0 Å². The van der Waals surface area contributed by atoms with Crippen molar-refractivity contribution in [3.63, 3.8) is 0 Å². The molecular formula is C17H22N2O3. The number of rotatable bonds is 3. The number of hydrogen-bond donors (Lipinski definition) is 1. The molecule has 1 N–H and O–H groups in total. The Morgan fingerprint density at radius 3 is 2.50 bits per heavy atom. The van der Waals surface area contributed by atoms with Crippen LogP contribution in [0.25, 0.3) is 10.9 Å². The summed E-state index contributed by atoms with van der Waals surface area (Å²) in [5.74, 6) is -0.797. The summed E-state index contributed by atoms with van der Waals surface area (Å²) in [5, 5.41) is 3.61. The molecule has 5 nitrogen and oxygen atoms in total. The van der Waals surface area contributed by atoms with Crippen molar-refractivity contribution < 1.29 is 14.3 Å². The summed E-state index contributed by atoms with van der Waals surface area (Å²) in [6, 6.07) is 7.58. The standard InChI is InChI=1S/C17H22N2O3/c1-11(15(20)18-17(2,3)4)22-16(21)13-10-19(5)14-9-7-6-8-12(13)14/h6-11H,1-5H3,(H,18,20)/t11-/m1/s1. The normalized spacial score (nSPS) is 13.0. The van der Waals surface area contributed by atoms with Crippen LogP contribution in [-0.4, -0.2) is 28.1 Å². The fraction of sp³-hybridized carbons (Fsp3) is 0.412. The van der Waals surface area contributed by atoms with Crippen LogP contribution in [0.1, 0.15) is 38.1 Å². The SMILES string of the molecule is C[C@@H](OC(=O)c1cn(C)c2ccccc12)C(=O)NC(C)(C)C. The minimum absolute atomic E-state index is 0.305. The molecule has 1 heterocycles. The number of amides is 1. The van der Waals surface area contributed by atoms with Crippen molar-refractivity contribution in [2.75, 3.05) is 0 Å². The van der Waals surface area contributed by atoms with Crippen LogP contribution >= 0.6 is 0 Å². The van der Waals surface area contributed by atoms with Gasteiger partial charge in [-0.05, 0) is 33.8 Å². The molecule has 0 spiro atoms. The van der Waals surface area contributed by atoms with Crippen LogP contribution in [-0.2, 0) is 16.6 Å². The van der Waals surface area contributed by atoms with Crippen LogP contribution in [0.15, 0.2) is 30.5 Å². The summed E-state index contributed by atoms with van der Waals surface area (Å²) >= 11 is 0. The van der Waals surface area contributed by atoms with E-state index in [4.69, 9.17) is 4.74 Å². The van der Waals surface area contributed by atoms with Crippen molar-refractivity contribution in [2.45, 2.75) is 39.3 Å². The average Bonchev–Trinajstić information content (AvgIpc) is 2.75. The van der Waals surface area contributed by atoms with Crippen molar-refractivity contribution in [1.29, 1.82) is 0 Å². The molecule has 1 aromatic carbocycles. The minimum atomic E-state index is -0.842. The summed E-state index contributed by atoms with van der Waals surface area (Å²) in [4.78, 5) is 24.3. The number of hydrogen-bond acceptors (Lipinski definition) is 3. The summed E-state index contributed by atoms with van der Waals surface area (Å²) in [7, 11) is 1.87. The van der Waals surface area contributed by atoms with Crippen molar-refractivity contribution >= 4 is 22.8 Å². The fourth-order valence-electron chi connectivity index (χ4n) is 2.25. The minimum Gasteiger partial charge on any atom is -0.449 e. The van der Waals surface area contributed by atoms with Gasteiger partial charge in [0.1, 0.15) is 0 Å². The Morgan fingerprint density at radius 1 is 1.23 bits per heavy atom. The number of ether oxygens (including phenoxy) is 1. The van der Waals surface area contributed by atoms with Crippen LogP contribution in [0.3, 0.4) is 0 Å². The van der Waals surface area contributed by atoms with Gasteiger partial charge in [-0.1, -0.05) is 18.2 Å². The van der Waals surface area contributed by atoms with Crippen LogP contribution < -0.4 is 5.32 Å². The number of nitrogens with zero attached hydrogens (tertiary/aromatic N) is 1. The van der Waals surface area contributed by atoms with Crippen LogP contribution in [0.5, 0.6) is 0 Å². The van der Waals surface area contributed by atoms with E-state index in [0.29, 0.717) is 5.56 Å². The number of carbonyl (C=O) groups excluding carboxylic acids is 2. The van der Waals surface area contributed by atoms with E-state index in [-0.39, 0.29) is 11.4 Å². The average molecular weight is 302 g/mol. The first-order valence-electron chi connectivity index (χ1n) is 7.26. The van der Waals surface area contributed by atoms with Gasteiger partial charge in [0.15, 0.2) is 6.10 Å². The molecule has 1 atom stereocenters. The number of aromatic nitrogens is 1. The first-order valence-corrected chi connectivity index (χ1v) is 7.26. The maximum Gasteiger partial charge on any atom is 0.341 e. The molecule has 0 unspecified atom stereocenters. The Labute approximate surface area is 130 Å². The molecule has 0 radical (unpaired) electrons. The molecular weight excluding hydrogens is 280 g/mol. The molecule has 0 aliphatic heterocycles. The van der Waals surface area contributed by atoms with E-state index < -0.39 is 12.1 Å². The first kappa shape index (κ1) is 16.1. The Balaban J connectivity index is 2.16.